The smallest absolute Gasteiger partial charge is 0.294 e. The van der Waals surface area contributed by atoms with Crippen molar-refractivity contribution in [2.75, 3.05) is 0 Å². The summed E-state index contributed by atoms with van der Waals surface area (Å²) in [6.45, 7) is 0. The molecule has 1 aromatic rings. The van der Waals surface area contributed by atoms with Crippen LogP contribution >= 0.6 is 11.6 Å². The lowest BCUT2D eigenvalue weighted by atomic mass is 10.2. The maximum Gasteiger partial charge on any atom is 0.294 e. The van der Waals surface area contributed by atoms with E-state index in [1.807, 2.05) is 0 Å². The number of hydrogen-bond donors (Lipinski definition) is 1. The Morgan fingerprint density at radius 2 is 2.17 bits per heavy atom. The zero-order valence-corrected chi connectivity index (χ0v) is 6.58. The van der Waals surface area contributed by atoms with E-state index in [1.54, 1.807) is 0 Å². The van der Waals surface area contributed by atoms with Gasteiger partial charge in [-0.1, -0.05) is 0 Å². The number of carbonyl (C=O) groups excluding carboxylic acids is 2. The maximum absolute atomic E-state index is 10.9. The van der Waals surface area contributed by atoms with Crippen LogP contribution < -0.4 is 0 Å². The number of aromatic nitrogens is 1. The topological polar surface area (TPSA) is 67.3 Å². The quantitative estimate of drug-likeness (QED) is 0.419. The fourth-order valence-electron chi connectivity index (χ4n) is 0.665. The van der Waals surface area contributed by atoms with E-state index in [-0.39, 0.29) is 11.4 Å². The minimum absolute atomic E-state index is 0.322. The number of aromatic hydroxyl groups is 1. The zero-order valence-electron chi connectivity index (χ0n) is 5.82. The number of pyridine rings is 1. The Balaban J connectivity index is 3.11. The molecular weight excluding hydrogens is 182 g/mol. The molecule has 0 radical (unpaired) electrons. The van der Waals surface area contributed by atoms with Crippen LogP contribution in [0, 0.1) is 0 Å². The van der Waals surface area contributed by atoms with Gasteiger partial charge in [0.2, 0.25) is 0 Å². The van der Waals surface area contributed by atoms with E-state index in [4.69, 9.17) is 16.7 Å². The van der Waals surface area contributed by atoms with Crippen molar-refractivity contribution < 1.29 is 14.7 Å². The third kappa shape index (κ3) is 1.60. The maximum atomic E-state index is 10.9. The molecule has 0 aromatic carbocycles. The standard InChI is InChI=1S/C7H4ClNO3/c8-7(12)6(11)5-4(10)2-1-3-9-5/h1-3,10H. The van der Waals surface area contributed by atoms with E-state index in [0.717, 1.165) is 0 Å². The third-order valence-electron chi connectivity index (χ3n) is 1.18. The fraction of sp³-hybridized carbons (Fsp3) is 0. The van der Waals surface area contributed by atoms with Gasteiger partial charge in [0.1, 0.15) is 5.75 Å². The van der Waals surface area contributed by atoms with Crippen LogP contribution in [0.25, 0.3) is 0 Å². The average Bonchev–Trinajstić information content (AvgIpc) is 2.04. The van der Waals surface area contributed by atoms with Crippen molar-refractivity contribution in [1.82, 2.24) is 4.98 Å². The molecule has 0 bridgehead atoms. The first-order valence-corrected chi connectivity index (χ1v) is 3.39. The Morgan fingerprint density at radius 3 is 2.67 bits per heavy atom. The SMILES string of the molecule is O=C(Cl)C(=O)c1ncccc1O. The number of carbonyl (C=O) groups is 2. The monoisotopic (exact) mass is 185 g/mol. The van der Waals surface area contributed by atoms with E-state index < -0.39 is 11.0 Å². The van der Waals surface area contributed by atoms with Gasteiger partial charge in [0, 0.05) is 6.20 Å². The first kappa shape index (κ1) is 8.67. The minimum Gasteiger partial charge on any atom is -0.506 e. The van der Waals surface area contributed by atoms with E-state index in [1.165, 1.54) is 18.3 Å². The van der Waals surface area contributed by atoms with Crippen LogP contribution in [0.3, 0.4) is 0 Å². The molecule has 1 rings (SSSR count). The molecule has 0 saturated carbocycles. The molecule has 0 unspecified atom stereocenters. The lowest BCUT2D eigenvalue weighted by Gasteiger charge is -1.96. The molecule has 0 saturated heterocycles. The van der Waals surface area contributed by atoms with Crippen molar-refractivity contribution in [2.24, 2.45) is 0 Å². The molecule has 0 fully saturated rings. The van der Waals surface area contributed by atoms with Crippen LogP contribution in [0.1, 0.15) is 10.5 Å². The first-order valence-electron chi connectivity index (χ1n) is 3.01. The van der Waals surface area contributed by atoms with Gasteiger partial charge in [0.15, 0.2) is 5.69 Å². The summed E-state index contributed by atoms with van der Waals surface area (Å²) in [5.41, 5.74) is -0.322. The molecular formula is C7H4ClNO3. The molecule has 1 heterocycles. The number of rotatable bonds is 2. The lowest BCUT2D eigenvalue weighted by molar-refractivity contribution is -0.108. The van der Waals surface area contributed by atoms with Gasteiger partial charge in [-0.15, -0.1) is 0 Å². The van der Waals surface area contributed by atoms with Crippen molar-refractivity contribution in [3.63, 3.8) is 0 Å². The van der Waals surface area contributed by atoms with Crippen LogP contribution in [0.2, 0.25) is 0 Å². The highest BCUT2D eigenvalue weighted by atomic mass is 35.5. The predicted octanol–water partition coefficient (Wildman–Crippen LogP) is 0.735. The van der Waals surface area contributed by atoms with Gasteiger partial charge in [0.05, 0.1) is 0 Å². The van der Waals surface area contributed by atoms with Gasteiger partial charge in [-0.25, -0.2) is 4.98 Å². The summed E-state index contributed by atoms with van der Waals surface area (Å²) in [5.74, 6) is -1.36. The van der Waals surface area contributed by atoms with E-state index in [0.29, 0.717) is 0 Å². The molecule has 0 aliphatic heterocycles. The Kier molecular flexibility index (Phi) is 2.40. The van der Waals surface area contributed by atoms with Gasteiger partial charge >= 0.3 is 0 Å². The van der Waals surface area contributed by atoms with Crippen molar-refractivity contribution in [1.29, 1.82) is 0 Å². The number of hydrogen-bond acceptors (Lipinski definition) is 4. The summed E-state index contributed by atoms with van der Waals surface area (Å²) in [7, 11) is 0. The molecule has 62 valence electrons. The molecule has 0 atom stereocenters. The molecule has 0 amide bonds. The number of halogens is 1. The Labute approximate surface area is 72.8 Å². The molecule has 1 N–H and O–H groups in total. The highest BCUT2D eigenvalue weighted by molar-refractivity contribution is 6.83. The van der Waals surface area contributed by atoms with Crippen LogP contribution in [-0.2, 0) is 4.79 Å². The molecule has 12 heavy (non-hydrogen) atoms. The van der Waals surface area contributed by atoms with Crippen molar-refractivity contribution in [3.8, 4) is 5.75 Å². The van der Waals surface area contributed by atoms with Gasteiger partial charge in [-0.3, -0.25) is 9.59 Å². The van der Waals surface area contributed by atoms with Crippen LogP contribution in [0.4, 0.5) is 0 Å². The lowest BCUT2D eigenvalue weighted by Crippen LogP contribution is -2.09. The number of Topliss-reactive ketones (excluding diaryl/α,β-unsaturated/α-hetero) is 1. The summed E-state index contributed by atoms with van der Waals surface area (Å²) in [6.07, 6.45) is 1.28. The highest BCUT2D eigenvalue weighted by Gasteiger charge is 2.18. The van der Waals surface area contributed by atoms with Crippen molar-refractivity contribution in [3.05, 3.63) is 24.0 Å². The second-order valence-electron chi connectivity index (χ2n) is 1.97. The Hall–Kier alpha value is -1.42. The van der Waals surface area contributed by atoms with Crippen molar-refractivity contribution >= 4 is 22.6 Å². The Morgan fingerprint density at radius 1 is 1.50 bits per heavy atom. The highest BCUT2D eigenvalue weighted by Crippen LogP contribution is 2.13. The first-order chi connectivity index (χ1) is 5.63. The Bertz CT molecular complexity index is 337. The van der Waals surface area contributed by atoms with E-state index in [9.17, 15) is 9.59 Å². The fourth-order valence-corrected chi connectivity index (χ4v) is 0.754. The second-order valence-corrected chi connectivity index (χ2v) is 2.32. The molecule has 4 nitrogen and oxygen atoms in total. The summed E-state index contributed by atoms with van der Waals surface area (Å²) in [6, 6.07) is 2.69. The summed E-state index contributed by atoms with van der Waals surface area (Å²) in [4.78, 5) is 24.7. The van der Waals surface area contributed by atoms with Crippen LogP contribution in [0.15, 0.2) is 18.3 Å². The summed E-state index contributed by atoms with van der Waals surface area (Å²) in [5, 5.41) is 7.87. The molecule has 5 heteroatoms. The molecule has 0 aliphatic rings. The van der Waals surface area contributed by atoms with Gasteiger partial charge in [0.25, 0.3) is 11.0 Å². The third-order valence-corrected chi connectivity index (χ3v) is 1.35. The normalized spacial score (nSPS) is 9.42. The zero-order chi connectivity index (χ0) is 9.14. The van der Waals surface area contributed by atoms with Crippen LogP contribution in [0.5, 0.6) is 5.75 Å². The summed E-state index contributed by atoms with van der Waals surface area (Å²) < 4.78 is 0. The van der Waals surface area contributed by atoms with E-state index >= 15 is 0 Å². The molecule has 0 aliphatic carbocycles. The molecule has 1 aromatic heterocycles. The van der Waals surface area contributed by atoms with Gasteiger partial charge in [-0.05, 0) is 23.7 Å². The number of ketones is 1. The average molecular weight is 186 g/mol. The van der Waals surface area contributed by atoms with Gasteiger partial charge in [-0.2, -0.15) is 0 Å². The molecule has 0 spiro atoms. The van der Waals surface area contributed by atoms with Crippen LogP contribution in [-0.4, -0.2) is 21.1 Å². The second kappa shape index (κ2) is 3.32. The predicted molar refractivity (Wildman–Crippen MR) is 41.1 cm³/mol. The largest absolute Gasteiger partial charge is 0.506 e. The number of nitrogens with zero attached hydrogens (tertiary/aromatic N) is 1. The van der Waals surface area contributed by atoms with Gasteiger partial charge < -0.3 is 5.11 Å². The van der Waals surface area contributed by atoms with E-state index in [2.05, 4.69) is 4.98 Å². The minimum atomic E-state index is -1.16. The summed E-state index contributed by atoms with van der Waals surface area (Å²) >= 11 is 4.90. The van der Waals surface area contributed by atoms with Crippen molar-refractivity contribution in [2.45, 2.75) is 0 Å².